The Balaban J connectivity index is 1.67. The number of aromatic nitrogens is 1. The summed E-state index contributed by atoms with van der Waals surface area (Å²) in [6, 6.07) is 0. The molecule has 2 aliphatic heterocycles. The van der Waals surface area contributed by atoms with Gasteiger partial charge in [0.05, 0.1) is 16.5 Å². The van der Waals surface area contributed by atoms with Crippen LogP contribution < -0.4 is 0 Å². The van der Waals surface area contributed by atoms with Gasteiger partial charge in [-0.3, -0.25) is 4.79 Å². The molecular formula is C15H22N2O3S. The van der Waals surface area contributed by atoms with E-state index in [4.69, 9.17) is 9.26 Å². The summed E-state index contributed by atoms with van der Waals surface area (Å²) in [5.41, 5.74) is 1.39. The quantitative estimate of drug-likeness (QED) is 0.854. The molecule has 1 spiro atoms. The minimum absolute atomic E-state index is 0.0734. The van der Waals surface area contributed by atoms with Gasteiger partial charge in [-0.05, 0) is 19.8 Å². The van der Waals surface area contributed by atoms with E-state index in [1.807, 2.05) is 23.6 Å². The largest absolute Gasteiger partial charge is 0.381 e. The lowest BCUT2D eigenvalue weighted by Crippen LogP contribution is -2.60. The molecule has 5 nitrogen and oxygen atoms in total. The third-order valence-electron chi connectivity index (χ3n) is 4.38. The number of carbonyl (C=O) groups excluding carboxylic acids is 1. The first kappa shape index (κ1) is 14.9. The van der Waals surface area contributed by atoms with Crippen LogP contribution >= 0.6 is 11.8 Å². The molecule has 2 aliphatic rings. The SMILES string of the molecule is CCCc1onc(C)c1C(=O)N1CC2(C[C@@H](OC)CS2)C1. The van der Waals surface area contributed by atoms with Crippen molar-refractivity contribution in [1.29, 1.82) is 0 Å². The number of ether oxygens (including phenoxy) is 1. The molecule has 1 aromatic heterocycles. The minimum Gasteiger partial charge on any atom is -0.381 e. The number of methoxy groups -OCH3 is 1. The molecule has 0 N–H and O–H groups in total. The molecule has 3 rings (SSSR count). The zero-order chi connectivity index (χ0) is 15.0. The van der Waals surface area contributed by atoms with Crippen molar-refractivity contribution in [2.45, 2.75) is 44.0 Å². The van der Waals surface area contributed by atoms with E-state index in [1.54, 1.807) is 7.11 Å². The molecule has 1 amide bonds. The van der Waals surface area contributed by atoms with Gasteiger partial charge in [0.15, 0.2) is 0 Å². The highest BCUT2D eigenvalue weighted by molar-refractivity contribution is 8.01. The van der Waals surface area contributed by atoms with E-state index in [9.17, 15) is 4.79 Å². The Morgan fingerprint density at radius 1 is 1.57 bits per heavy atom. The van der Waals surface area contributed by atoms with Crippen LogP contribution in [-0.4, -0.2) is 52.8 Å². The molecule has 1 aromatic rings. The molecule has 0 unspecified atom stereocenters. The van der Waals surface area contributed by atoms with Crippen LogP contribution in [0.2, 0.25) is 0 Å². The molecule has 1 atom stereocenters. The fraction of sp³-hybridized carbons (Fsp3) is 0.733. The first-order valence-electron chi connectivity index (χ1n) is 7.50. The van der Waals surface area contributed by atoms with Gasteiger partial charge in [0, 0.05) is 32.4 Å². The van der Waals surface area contributed by atoms with E-state index in [1.165, 1.54) is 0 Å². The van der Waals surface area contributed by atoms with Gasteiger partial charge in [0.2, 0.25) is 0 Å². The maximum atomic E-state index is 12.7. The highest BCUT2D eigenvalue weighted by Gasteiger charge is 2.51. The topological polar surface area (TPSA) is 55.6 Å². The lowest BCUT2D eigenvalue weighted by Gasteiger charge is -2.47. The average Bonchev–Trinajstić information content (AvgIpc) is 3.01. The second kappa shape index (κ2) is 5.65. The molecule has 6 heteroatoms. The number of carbonyl (C=O) groups is 1. The minimum atomic E-state index is 0.0734. The van der Waals surface area contributed by atoms with Gasteiger partial charge in [-0.2, -0.15) is 0 Å². The van der Waals surface area contributed by atoms with E-state index < -0.39 is 0 Å². The van der Waals surface area contributed by atoms with E-state index in [0.717, 1.165) is 43.9 Å². The van der Waals surface area contributed by atoms with Crippen LogP contribution in [0.5, 0.6) is 0 Å². The summed E-state index contributed by atoms with van der Waals surface area (Å²) in [6.07, 6.45) is 3.09. The number of hydrogen-bond acceptors (Lipinski definition) is 5. The third kappa shape index (κ3) is 2.59. The molecule has 2 saturated heterocycles. The lowest BCUT2D eigenvalue weighted by molar-refractivity contribution is 0.0449. The highest BCUT2D eigenvalue weighted by Crippen LogP contribution is 2.46. The summed E-state index contributed by atoms with van der Waals surface area (Å²) in [7, 11) is 1.77. The van der Waals surface area contributed by atoms with Crippen LogP contribution in [0, 0.1) is 6.92 Å². The van der Waals surface area contributed by atoms with Crippen molar-refractivity contribution < 1.29 is 14.1 Å². The smallest absolute Gasteiger partial charge is 0.259 e. The van der Waals surface area contributed by atoms with Gasteiger partial charge >= 0.3 is 0 Å². The summed E-state index contributed by atoms with van der Waals surface area (Å²) in [5, 5.41) is 3.96. The van der Waals surface area contributed by atoms with E-state index in [-0.39, 0.29) is 10.7 Å². The van der Waals surface area contributed by atoms with Crippen molar-refractivity contribution in [2.75, 3.05) is 26.0 Å². The molecular weight excluding hydrogens is 288 g/mol. The van der Waals surface area contributed by atoms with Gasteiger partial charge < -0.3 is 14.2 Å². The summed E-state index contributed by atoms with van der Waals surface area (Å²) < 4.78 is 11.0. The first-order chi connectivity index (χ1) is 10.1. The van der Waals surface area contributed by atoms with Crippen LogP contribution in [-0.2, 0) is 11.2 Å². The molecule has 0 saturated carbocycles. The Labute approximate surface area is 129 Å². The standard InChI is InChI=1S/C15H22N2O3S/c1-4-5-12-13(10(2)16-20-12)14(18)17-8-15(9-17)6-11(19-3)7-21-15/h11H,4-9H2,1-3H3/t11-/m1/s1. The summed E-state index contributed by atoms with van der Waals surface area (Å²) in [4.78, 5) is 14.6. The summed E-state index contributed by atoms with van der Waals surface area (Å²) in [5.74, 6) is 1.84. The fourth-order valence-corrected chi connectivity index (χ4v) is 4.81. The monoisotopic (exact) mass is 310 g/mol. The Kier molecular flexibility index (Phi) is 4.01. The normalized spacial score (nSPS) is 23.6. The van der Waals surface area contributed by atoms with Crippen LogP contribution in [0.3, 0.4) is 0 Å². The number of nitrogens with zero attached hydrogens (tertiary/aromatic N) is 2. The van der Waals surface area contributed by atoms with Crippen molar-refractivity contribution in [3.8, 4) is 0 Å². The summed E-state index contributed by atoms with van der Waals surface area (Å²) in [6.45, 7) is 5.54. The lowest BCUT2D eigenvalue weighted by atomic mass is 9.92. The molecule has 0 radical (unpaired) electrons. The number of thioether (sulfide) groups is 1. The fourth-order valence-electron chi connectivity index (χ4n) is 3.21. The maximum Gasteiger partial charge on any atom is 0.259 e. The molecule has 2 fully saturated rings. The van der Waals surface area contributed by atoms with Gasteiger partial charge in [-0.25, -0.2) is 0 Å². The molecule has 0 aliphatic carbocycles. The zero-order valence-corrected chi connectivity index (χ0v) is 13.7. The van der Waals surface area contributed by atoms with Crippen LogP contribution in [0.4, 0.5) is 0 Å². The highest BCUT2D eigenvalue weighted by atomic mass is 32.2. The first-order valence-corrected chi connectivity index (χ1v) is 8.48. The van der Waals surface area contributed by atoms with Gasteiger partial charge in [-0.1, -0.05) is 12.1 Å². The summed E-state index contributed by atoms with van der Waals surface area (Å²) >= 11 is 1.94. The zero-order valence-electron chi connectivity index (χ0n) is 12.8. The van der Waals surface area contributed by atoms with Crippen LogP contribution in [0.25, 0.3) is 0 Å². The average molecular weight is 310 g/mol. The van der Waals surface area contributed by atoms with Gasteiger partial charge in [0.25, 0.3) is 5.91 Å². The van der Waals surface area contributed by atoms with E-state index in [0.29, 0.717) is 17.4 Å². The third-order valence-corrected chi connectivity index (χ3v) is 5.95. The number of likely N-dealkylation sites (tertiary alicyclic amines) is 1. The van der Waals surface area contributed by atoms with Crippen LogP contribution in [0.15, 0.2) is 4.52 Å². The number of hydrogen-bond donors (Lipinski definition) is 0. The predicted octanol–water partition coefficient (Wildman–Crippen LogP) is 2.28. The number of aryl methyl sites for hydroxylation is 2. The van der Waals surface area contributed by atoms with Crippen LogP contribution in [0.1, 0.15) is 41.6 Å². The maximum absolute atomic E-state index is 12.7. The van der Waals surface area contributed by atoms with Crippen molar-refractivity contribution in [3.63, 3.8) is 0 Å². The van der Waals surface area contributed by atoms with Gasteiger partial charge in [-0.15, -0.1) is 11.8 Å². The molecule has 116 valence electrons. The number of amides is 1. The number of rotatable bonds is 4. The Morgan fingerprint density at radius 3 is 2.95 bits per heavy atom. The second-order valence-corrected chi connectivity index (χ2v) is 7.52. The molecule has 3 heterocycles. The Morgan fingerprint density at radius 2 is 2.33 bits per heavy atom. The van der Waals surface area contributed by atoms with Gasteiger partial charge in [0.1, 0.15) is 11.3 Å². The van der Waals surface area contributed by atoms with Crippen molar-refractivity contribution >= 4 is 17.7 Å². The Bertz CT molecular complexity index is 537. The Hall–Kier alpha value is -1.01. The molecule has 21 heavy (non-hydrogen) atoms. The predicted molar refractivity (Wildman–Crippen MR) is 81.7 cm³/mol. The second-order valence-electron chi connectivity index (χ2n) is 6.03. The van der Waals surface area contributed by atoms with E-state index >= 15 is 0 Å². The van der Waals surface area contributed by atoms with Crippen molar-refractivity contribution in [1.82, 2.24) is 10.1 Å². The van der Waals surface area contributed by atoms with Crippen molar-refractivity contribution in [3.05, 3.63) is 17.0 Å². The molecule has 0 bridgehead atoms. The van der Waals surface area contributed by atoms with E-state index in [2.05, 4.69) is 12.1 Å². The molecule has 0 aromatic carbocycles. The van der Waals surface area contributed by atoms with Crippen molar-refractivity contribution in [2.24, 2.45) is 0 Å².